The predicted octanol–water partition coefficient (Wildman–Crippen LogP) is 7.39. The molecule has 1 fully saturated rings. The highest BCUT2D eigenvalue weighted by Gasteiger charge is 2.24. The average Bonchev–Trinajstić information content (AvgIpc) is 3.40. The Morgan fingerprint density at radius 1 is 0.886 bits per heavy atom. The molecule has 0 bridgehead atoms. The van der Waals surface area contributed by atoms with Gasteiger partial charge in [0, 0.05) is 29.2 Å². The molecular weight excluding hydrogens is 474 g/mol. The third-order valence-corrected chi connectivity index (χ3v) is 7.28. The van der Waals surface area contributed by atoms with E-state index in [1.54, 1.807) is 6.07 Å². The SMILES string of the molecule is O=C1NC(=Nc2ccccc2Cl)S/C1=C/c1cn(Cc2cccc3ccccc23)c2ccccc12. The number of nitrogens with zero attached hydrogens (tertiary/aromatic N) is 2. The van der Waals surface area contributed by atoms with Crippen molar-refractivity contribution >= 4 is 67.9 Å². The van der Waals surface area contributed by atoms with E-state index in [2.05, 4.69) is 75.7 Å². The van der Waals surface area contributed by atoms with Gasteiger partial charge in [-0.3, -0.25) is 4.79 Å². The van der Waals surface area contributed by atoms with E-state index < -0.39 is 0 Å². The maximum Gasteiger partial charge on any atom is 0.264 e. The van der Waals surface area contributed by atoms with Gasteiger partial charge in [-0.15, -0.1) is 0 Å². The number of aliphatic imine (C=N–C) groups is 1. The summed E-state index contributed by atoms with van der Waals surface area (Å²) in [5.74, 6) is -0.160. The van der Waals surface area contributed by atoms with Crippen LogP contribution in [-0.2, 0) is 11.3 Å². The van der Waals surface area contributed by atoms with Gasteiger partial charge in [0.05, 0.1) is 15.6 Å². The summed E-state index contributed by atoms with van der Waals surface area (Å²) in [7, 11) is 0. The molecule has 1 aliphatic rings. The zero-order valence-corrected chi connectivity index (χ0v) is 20.2. The Morgan fingerprint density at radius 2 is 1.63 bits per heavy atom. The van der Waals surface area contributed by atoms with Crippen LogP contribution in [0.15, 0.2) is 107 Å². The zero-order chi connectivity index (χ0) is 23.8. The van der Waals surface area contributed by atoms with Crippen molar-refractivity contribution in [2.24, 2.45) is 4.99 Å². The number of rotatable bonds is 4. The summed E-state index contributed by atoms with van der Waals surface area (Å²) >= 11 is 7.55. The lowest BCUT2D eigenvalue weighted by Gasteiger charge is -2.09. The van der Waals surface area contributed by atoms with Crippen molar-refractivity contribution in [3.8, 4) is 0 Å². The van der Waals surface area contributed by atoms with E-state index in [0.29, 0.717) is 20.8 Å². The number of para-hydroxylation sites is 2. The second-order valence-electron chi connectivity index (χ2n) is 8.30. The van der Waals surface area contributed by atoms with E-state index >= 15 is 0 Å². The van der Waals surface area contributed by atoms with Crippen LogP contribution in [0.5, 0.6) is 0 Å². The lowest BCUT2D eigenvalue weighted by molar-refractivity contribution is -0.115. The van der Waals surface area contributed by atoms with Crippen molar-refractivity contribution < 1.29 is 4.79 Å². The fourth-order valence-corrected chi connectivity index (χ4v) is 5.41. The normalized spacial score (nSPS) is 16.0. The van der Waals surface area contributed by atoms with Gasteiger partial charge >= 0.3 is 0 Å². The van der Waals surface area contributed by atoms with Crippen molar-refractivity contribution in [3.05, 3.63) is 118 Å². The van der Waals surface area contributed by atoms with Crippen LogP contribution in [-0.4, -0.2) is 15.6 Å². The summed E-state index contributed by atoms with van der Waals surface area (Å²) in [5, 5.41) is 7.50. The first-order chi connectivity index (χ1) is 17.2. The number of halogens is 1. The molecule has 1 N–H and O–H groups in total. The molecule has 0 unspecified atom stereocenters. The summed E-state index contributed by atoms with van der Waals surface area (Å²) in [5.41, 5.74) is 4.01. The number of aromatic nitrogens is 1. The van der Waals surface area contributed by atoms with Crippen LogP contribution < -0.4 is 5.32 Å². The molecule has 0 atom stereocenters. The van der Waals surface area contributed by atoms with Gasteiger partial charge in [0.15, 0.2) is 5.17 Å². The highest BCUT2D eigenvalue weighted by molar-refractivity contribution is 8.18. The maximum absolute atomic E-state index is 12.7. The number of hydrogen-bond acceptors (Lipinski definition) is 3. The van der Waals surface area contributed by atoms with E-state index in [-0.39, 0.29) is 5.91 Å². The monoisotopic (exact) mass is 493 g/mol. The fourth-order valence-electron chi connectivity index (χ4n) is 4.41. The lowest BCUT2D eigenvalue weighted by atomic mass is 10.0. The molecule has 1 aromatic heterocycles. The number of amides is 1. The Labute approximate surface area is 211 Å². The molecule has 2 heterocycles. The number of hydrogen-bond donors (Lipinski definition) is 1. The molecule has 1 amide bonds. The molecule has 1 saturated heterocycles. The standard InChI is InChI=1S/C29H20ClN3OS/c30-24-13-4-5-14-25(24)31-29-32-28(34)27(35-29)16-21-18-33(26-15-6-3-12-23(21)26)17-20-10-7-9-19-8-1-2-11-22(19)20/h1-16,18H,17H2,(H,31,32,34)/b27-16+. The molecule has 4 nitrogen and oxygen atoms in total. The first-order valence-corrected chi connectivity index (χ1v) is 12.4. The molecule has 6 rings (SSSR count). The summed E-state index contributed by atoms with van der Waals surface area (Å²) in [4.78, 5) is 17.8. The highest BCUT2D eigenvalue weighted by Crippen LogP contribution is 2.33. The molecule has 6 heteroatoms. The van der Waals surface area contributed by atoms with Crippen LogP contribution in [0.3, 0.4) is 0 Å². The number of thioether (sulfide) groups is 1. The third-order valence-electron chi connectivity index (χ3n) is 6.05. The van der Waals surface area contributed by atoms with Gasteiger partial charge in [-0.1, -0.05) is 84.4 Å². The van der Waals surface area contributed by atoms with Gasteiger partial charge in [0.2, 0.25) is 0 Å². The first-order valence-electron chi connectivity index (χ1n) is 11.2. The summed E-state index contributed by atoms with van der Waals surface area (Å²) in [6.45, 7) is 0.740. The number of carbonyl (C=O) groups is 1. The molecule has 0 saturated carbocycles. The highest BCUT2D eigenvalue weighted by atomic mass is 35.5. The minimum atomic E-state index is -0.160. The quantitative estimate of drug-likeness (QED) is 0.265. The first kappa shape index (κ1) is 21.7. The van der Waals surface area contributed by atoms with Crippen LogP contribution in [0.1, 0.15) is 11.1 Å². The Bertz CT molecular complexity index is 1660. The van der Waals surface area contributed by atoms with Crippen molar-refractivity contribution in [1.29, 1.82) is 0 Å². The van der Waals surface area contributed by atoms with Crippen LogP contribution in [0.25, 0.3) is 27.8 Å². The van der Waals surface area contributed by atoms with Crippen molar-refractivity contribution in [2.45, 2.75) is 6.54 Å². The Balaban J connectivity index is 1.37. The third kappa shape index (κ3) is 4.25. The van der Waals surface area contributed by atoms with E-state index in [4.69, 9.17) is 11.6 Å². The smallest absolute Gasteiger partial charge is 0.264 e. The van der Waals surface area contributed by atoms with E-state index in [1.807, 2.05) is 36.4 Å². The Morgan fingerprint density at radius 3 is 2.51 bits per heavy atom. The molecule has 170 valence electrons. The summed E-state index contributed by atoms with van der Waals surface area (Å²) in [6, 6.07) is 30.5. The molecule has 35 heavy (non-hydrogen) atoms. The minimum absolute atomic E-state index is 0.160. The van der Waals surface area contributed by atoms with Crippen LogP contribution in [0, 0.1) is 0 Å². The Hall–Kier alpha value is -3.80. The molecule has 1 aliphatic heterocycles. The summed E-state index contributed by atoms with van der Waals surface area (Å²) < 4.78 is 2.25. The summed E-state index contributed by atoms with van der Waals surface area (Å²) in [6.07, 6.45) is 4.06. The molecule has 0 spiro atoms. The van der Waals surface area contributed by atoms with E-state index in [9.17, 15) is 4.79 Å². The molecule has 0 radical (unpaired) electrons. The molecule has 0 aliphatic carbocycles. The van der Waals surface area contributed by atoms with Gasteiger partial charge in [-0.25, -0.2) is 4.99 Å². The topological polar surface area (TPSA) is 46.4 Å². The molecular formula is C29H20ClN3OS. The van der Waals surface area contributed by atoms with E-state index in [0.717, 1.165) is 23.0 Å². The van der Waals surface area contributed by atoms with Crippen molar-refractivity contribution in [1.82, 2.24) is 9.88 Å². The number of fused-ring (bicyclic) bond motifs is 2. The van der Waals surface area contributed by atoms with Gasteiger partial charge in [0.25, 0.3) is 5.91 Å². The zero-order valence-electron chi connectivity index (χ0n) is 18.6. The maximum atomic E-state index is 12.7. The van der Waals surface area contributed by atoms with Crippen molar-refractivity contribution in [3.63, 3.8) is 0 Å². The van der Waals surface area contributed by atoms with Gasteiger partial charge in [-0.2, -0.15) is 0 Å². The molecule has 5 aromatic rings. The Kier molecular flexibility index (Phi) is 5.64. The van der Waals surface area contributed by atoms with Crippen LogP contribution in [0.2, 0.25) is 5.02 Å². The van der Waals surface area contributed by atoms with Gasteiger partial charge < -0.3 is 9.88 Å². The predicted molar refractivity (Wildman–Crippen MR) is 147 cm³/mol. The second-order valence-corrected chi connectivity index (χ2v) is 9.74. The largest absolute Gasteiger partial charge is 0.342 e. The number of benzene rings is 4. The minimum Gasteiger partial charge on any atom is -0.342 e. The lowest BCUT2D eigenvalue weighted by Crippen LogP contribution is -2.19. The van der Waals surface area contributed by atoms with Crippen molar-refractivity contribution in [2.75, 3.05) is 0 Å². The van der Waals surface area contributed by atoms with E-state index in [1.165, 1.54) is 28.1 Å². The van der Waals surface area contributed by atoms with Crippen LogP contribution >= 0.6 is 23.4 Å². The second kappa shape index (κ2) is 9.10. The van der Waals surface area contributed by atoms with Crippen LogP contribution in [0.4, 0.5) is 5.69 Å². The number of carbonyl (C=O) groups excluding carboxylic acids is 1. The number of nitrogens with one attached hydrogen (secondary N) is 1. The van der Waals surface area contributed by atoms with Gasteiger partial charge in [-0.05, 0) is 52.4 Å². The molecule has 4 aromatic carbocycles. The fraction of sp³-hybridized carbons (Fsp3) is 0.0345. The number of amidine groups is 1. The van der Waals surface area contributed by atoms with Gasteiger partial charge in [0.1, 0.15) is 0 Å². The average molecular weight is 494 g/mol.